The van der Waals surface area contributed by atoms with Crippen molar-refractivity contribution in [1.82, 2.24) is 5.43 Å². The Morgan fingerprint density at radius 3 is 2.26 bits per heavy atom. The average molecular weight is 595 g/mol. The lowest BCUT2D eigenvalue weighted by molar-refractivity contribution is 0.0954. The molecule has 0 saturated heterocycles. The molecule has 4 aromatic carbocycles. The van der Waals surface area contributed by atoms with E-state index in [2.05, 4.69) is 26.5 Å². The largest absolute Gasteiger partial charge is 0.493 e. The minimum Gasteiger partial charge on any atom is -0.493 e. The fourth-order valence-electron chi connectivity index (χ4n) is 3.31. The van der Waals surface area contributed by atoms with Crippen molar-refractivity contribution in [3.8, 4) is 17.2 Å². The quantitative estimate of drug-likeness (QED) is 0.146. The van der Waals surface area contributed by atoms with Crippen molar-refractivity contribution in [2.75, 3.05) is 7.11 Å². The van der Waals surface area contributed by atoms with Crippen LogP contribution in [0.2, 0.25) is 0 Å². The van der Waals surface area contributed by atoms with Gasteiger partial charge in [0.1, 0.15) is 11.5 Å². The predicted octanol–water partition coefficient (Wildman–Crippen LogP) is 5.57. The highest BCUT2D eigenvalue weighted by atomic mass is 79.9. The molecule has 0 saturated carbocycles. The average Bonchev–Trinajstić information content (AvgIpc) is 2.94. The summed E-state index contributed by atoms with van der Waals surface area (Å²) in [6.45, 7) is 0.366. The fourth-order valence-corrected chi connectivity index (χ4v) is 4.86. The third kappa shape index (κ3) is 6.99. The van der Waals surface area contributed by atoms with Gasteiger partial charge in [0.15, 0.2) is 17.2 Å². The Balaban J connectivity index is 1.37. The minimum atomic E-state index is -3.97. The van der Waals surface area contributed by atoms with Crippen molar-refractivity contribution in [3.05, 3.63) is 118 Å². The first-order valence-electron chi connectivity index (χ1n) is 11.3. The maximum Gasteiger partial charge on any atom is 0.339 e. The molecule has 1 N–H and O–H groups in total. The second kappa shape index (κ2) is 12.4. The number of hydrogen-bond donors (Lipinski definition) is 1. The summed E-state index contributed by atoms with van der Waals surface area (Å²) in [5.74, 6) is 0.610. The maximum atomic E-state index is 12.6. The summed E-state index contributed by atoms with van der Waals surface area (Å²) >= 11 is 3.32. The van der Waals surface area contributed by atoms with Gasteiger partial charge in [-0.3, -0.25) is 4.79 Å². The summed E-state index contributed by atoms with van der Waals surface area (Å²) in [5, 5.41) is 3.99. The van der Waals surface area contributed by atoms with Gasteiger partial charge in [0.05, 0.1) is 17.8 Å². The van der Waals surface area contributed by atoms with Gasteiger partial charge in [0.2, 0.25) is 0 Å². The van der Waals surface area contributed by atoms with E-state index in [4.69, 9.17) is 13.7 Å². The molecule has 0 heterocycles. The van der Waals surface area contributed by atoms with E-state index in [1.54, 1.807) is 48.5 Å². The lowest BCUT2D eigenvalue weighted by Crippen LogP contribution is -2.17. The summed E-state index contributed by atoms with van der Waals surface area (Å²) in [7, 11) is -2.47. The Bertz CT molecular complexity index is 1540. The van der Waals surface area contributed by atoms with Crippen molar-refractivity contribution in [2.24, 2.45) is 5.10 Å². The lowest BCUT2D eigenvalue weighted by atomic mass is 10.2. The minimum absolute atomic E-state index is 0.0488. The molecular formula is C28H23BrN2O6S. The first-order chi connectivity index (χ1) is 18.4. The molecule has 1 amide bonds. The molecule has 4 rings (SSSR count). The Kier molecular flexibility index (Phi) is 8.77. The standard InChI is InChI=1S/C28H23BrN2O6S/c1-35-27-17-22(13-15-26(27)36-19-20-8-4-2-5-9-20)28(32)31-30-18-21-12-14-25(24(29)16-21)37-38(33,34)23-10-6-3-7-11-23/h2-18H,19H2,1H3,(H,31,32)/b30-18+. The summed E-state index contributed by atoms with van der Waals surface area (Å²) in [6, 6.07) is 27.1. The molecule has 0 unspecified atom stereocenters. The van der Waals surface area contributed by atoms with E-state index in [0.717, 1.165) is 5.56 Å². The molecule has 0 aliphatic rings. The Hall–Kier alpha value is -4.15. The van der Waals surface area contributed by atoms with Crippen molar-refractivity contribution >= 4 is 38.2 Å². The molecular weight excluding hydrogens is 572 g/mol. The van der Waals surface area contributed by atoms with Crippen LogP contribution >= 0.6 is 15.9 Å². The SMILES string of the molecule is COc1cc(C(=O)N/N=C/c2ccc(OS(=O)(=O)c3ccccc3)c(Br)c2)ccc1OCc1ccccc1. The van der Waals surface area contributed by atoms with Crippen molar-refractivity contribution in [3.63, 3.8) is 0 Å². The highest BCUT2D eigenvalue weighted by Crippen LogP contribution is 2.30. The molecule has 0 bridgehead atoms. The van der Waals surface area contributed by atoms with E-state index in [0.29, 0.717) is 33.7 Å². The van der Waals surface area contributed by atoms with Crippen LogP contribution in [0.15, 0.2) is 112 Å². The lowest BCUT2D eigenvalue weighted by Gasteiger charge is -2.12. The van der Waals surface area contributed by atoms with Gasteiger partial charge in [-0.15, -0.1) is 0 Å². The van der Waals surface area contributed by atoms with E-state index in [9.17, 15) is 13.2 Å². The zero-order valence-electron chi connectivity index (χ0n) is 20.2. The number of amides is 1. The third-order valence-electron chi connectivity index (χ3n) is 5.23. The molecule has 10 heteroatoms. The van der Waals surface area contributed by atoms with Crippen molar-refractivity contribution < 1.29 is 26.9 Å². The van der Waals surface area contributed by atoms with Crippen LogP contribution < -0.4 is 19.1 Å². The van der Waals surface area contributed by atoms with Gasteiger partial charge in [-0.25, -0.2) is 5.43 Å². The molecule has 38 heavy (non-hydrogen) atoms. The van der Waals surface area contributed by atoms with Gasteiger partial charge in [-0.05, 0) is 75.6 Å². The highest BCUT2D eigenvalue weighted by molar-refractivity contribution is 9.10. The monoisotopic (exact) mass is 594 g/mol. The van der Waals surface area contributed by atoms with Gasteiger partial charge in [-0.1, -0.05) is 48.5 Å². The van der Waals surface area contributed by atoms with Gasteiger partial charge in [0.25, 0.3) is 5.91 Å². The van der Waals surface area contributed by atoms with Crippen LogP contribution in [-0.4, -0.2) is 27.6 Å². The van der Waals surface area contributed by atoms with Crippen LogP contribution in [0.25, 0.3) is 0 Å². The summed E-state index contributed by atoms with van der Waals surface area (Å²) in [6.07, 6.45) is 1.42. The summed E-state index contributed by atoms with van der Waals surface area (Å²) in [5.41, 5.74) is 4.41. The second-order valence-corrected chi connectivity index (χ2v) is 10.3. The number of carbonyl (C=O) groups excluding carboxylic acids is 1. The molecule has 4 aromatic rings. The van der Waals surface area contributed by atoms with Crippen molar-refractivity contribution in [1.29, 1.82) is 0 Å². The first-order valence-corrected chi connectivity index (χ1v) is 13.5. The number of benzene rings is 4. The van der Waals surface area contributed by atoms with Crippen LogP contribution in [-0.2, 0) is 16.7 Å². The molecule has 0 spiro atoms. The topological polar surface area (TPSA) is 103 Å². The van der Waals surface area contributed by atoms with E-state index in [1.807, 2.05) is 30.3 Å². The molecule has 0 aromatic heterocycles. The molecule has 0 fully saturated rings. The van der Waals surface area contributed by atoms with Crippen LogP contribution in [0.5, 0.6) is 17.2 Å². The van der Waals surface area contributed by atoms with Crippen LogP contribution in [0.1, 0.15) is 21.5 Å². The number of rotatable bonds is 10. The Labute approximate surface area is 229 Å². The molecule has 8 nitrogen and oxygen atoms in total. The molecule has 194 valence electrons. The molecule has 0 atom stereocenters. The Morgan fingerprint density at radius 2 is 1.58 bits per heavy atom. The normalized spacial score (nSPS) is 11.2. The molecule has 0 aliphatic heterocycles. The number of carbonyl (C=O) groups is 1. The van der Waals surface area contributed by atoms with Crippen LogP contribution in [0.3, 0.4) is 0 Å². The number of nitrogens with zero attached hydrogens (tertiary/aromatic N) is 1. The van der Waals surface area contributed by atoms with E-state index in [1.165, 1.54) is 31.5 Å². The first kappa shape index (κ1) is 26.9. The van der Waals surface area contributed by atoms with Gasteiger partial charge in [-0.2, -0.15) is 13.5 Å². The van der Waals surface area contributed by atoms with Gasteiger partial charge < -0.3 is 13.7 Å². The summed E-state index contributed by atoms with van der Waals surface area (Å²) in [4.78, 5) is 12.6. The van der Waals surface area contributed by atoms with Crippen LogP contribution in [0.4, 0.5) is 0 Å². The number of halogens is 1. The summed E-state index contributed by atoms with van der Waals surface area (Å²) < 4.78 is 41.8. The van der Waals surface area contributed by atoms with Gasteiger partial charge >= 0.3 is 10.1 Å². The highest BCUT2D eigenvalue weighted by Gasteiger charge is 2.18. The molecule has 0 radical (unpaired) electrons. The second-order valence-electron chi connectivity index (χ2n) is 7.88. The van der Waals surface area contributed by atoms with Gasteiger partial charge in [0, 0.05) is 5.56 Å². The molecule has 0 aliphatic carbocycles. The number of ether oxygens (including phenoxy) is 2. The third-order valence-corrected chi connectivity index (χ3v) is 7.10. The van der Waals surface area contributed by atoms with E-state index >= 15 is 0 Å². The number of nitrogens with one attached hydrogen (secondary N) is 1. The number of hydrazone groups is 1. The number of hydrogen-bond acceptors (Lipinski definition) is 7. The van der Waals surface area contributed by atoms with E-state index in [-0.39, 0.29) is 10.6 Å². The number of methoxy groups -OCH3 is 1. The fraction of sp³-hybridized carbons (Fsp3) is 0.0714. The van der Waals surface area contributed by atoms with Crippen LogP contribution in [0, 0.1) is 0 Å². The zero-order chi connectivity index (χ0) is 27.0. The predicted molar refractivity (Wildman–Crippen MR) is 147 cm³/mol. The Morgan fingerprint density at radius 1 is 0.895 bits per heavy atom. The van der Waals surface area contributed by atoms with E-state index < -0.39 is 16.0 Å². The van der Waals surface area contributed by atoms with Crippen molar-refractivity contribution in [2.45, 2.75) is 11.5 Å². The smallest absolute Gasteiger partial charge is 0.339 e. The zero-order valence-corrected chi connectivity index (χ0v) is 22.6. The maximum absolute atomic E-state index is 12.6.